The maximum absolute atomic E-state index is 13.5. The Morgan fingerprint density at radius 1 is 1.03 bits per heavy atom. The van der Waals surface area contributed by atoms with Crippen molar-refractivity contribution in [2.75, 3.05) is 6.54 Å². The Bertz CT molecular complexity index is 1070. The third-order valence-corrected chi connectivity index (χ3v) is 5.75. The number of aromatic nitrogens is 5. The smallest absolute Gasteiger partial charge is 0.273 e. The summed E-state index contributed by atoms with van der Waals surface area (Å²) in [5, 5.41) is 0. The SMILES string of the molecule is Cc1cnc(C(=O)N2CC3CC(Oc4cnc(C)cn4)C2C3)c(-c2ncccn2)c1. The summed E-state index contributed by atoms with van der Waals surface area (Å²) in [6.45, 7) is 4.54. The number of hydrogen-bond acceptors (Lipinski definition) is 7. The minimum Gasteiger partial charge on any atom is -0.471 e. The van der Waals surface area contributed by atoms with Crippen LogP contribution in [0.3, 0.4) is 0 Å². The van der Waals surface area contributed by atoms with Crippen molar-refractivity contribution >= 4 is 5.91 Å². The highest BCUT2D eigenvalue weighted by Crippen LogP contribution is 2.40. The first-order valence-electron chi connectivity index (χ1n) is 10.1. The molecule has 3 aromatic rings. The molecule has 3 aromatic heterocycles. The van der Waals surface area contributed by atoms with Gasteiger partial charge in [0.15, 0.2) is 5.82 Å². The van der Waals surface area contributed by atoms with Gasteiger partial charge in [-0.3, -0.25) is 14.8 Å². The van der Waals surface area contributed by atoms with Gasteiger partial charge >= 0.3 is 0 Å². The third-order valence-electron chi connectivity index (χ3n) is 5.75. The predicted molar refractivity (Wildman–Crippen MR) is 109 cm³/mol. The lowest BCUT2D eigenvalue weighted by Crippen LogP contribution is -2.47. The van der Waals surface area contributed by atoms with Crippen LogP contribution < -0.4 is 4.74 Å². The second kappa shape index (κ2) is 7.44. The number of rotatable bonds is 4. The molecular formula is C22H22N6O2. The topological polar surface area (TPSA) is 94.0 Å². The Morgan fingerprint density at radius 3 is 2.60 bits per heavy atom. The summed E-state index contributed by atoms with van der Waals surface area (Å²) < 4.78 is 6.10. The second-order valence-electron chi connectivity index (χ2n) is 8.00. The monoisotopic (exact) mass is 402 g/mol. The number of carbonyl (C=O) groups is 1. The van der Waals surface area contributed by atoms with Crippen LogP contribution in [-0.4, -0.2) is 54.4 Å². The Labute approximate surface area is 174 Å². The molecule has 2 aliphatic rings. The first-order chi connectivity index (χ1) is 14.6. The Morgan fingerprint density at radius 2 is 1.87 bits per heavy atom. The Balaban J connectivity index is 1.41. The highest BCUT2D eigenvalue weighted by Gasteiger charge is 2.49. The fourth-order valence-corrected chi connectivity index (χ4v) is 4.41. The van der Waals surface area contributed by atoms with Gasteiger partial charge in [-0.15, -0.1) is 0 Å². The minimum absolute atomic E-state index is 0.00162. The van der Waals surface area contributed by atoms with Crippen LogP contribution in [0.15, 0.2) is 43.1 Å². The van der Waals surface area contributed by atoms with Crippen molar-refractivity contribution in [3.8, 4) is 17.3 Å². The average Bonchev–Trinajstić information content (AvgIpc) is 3.36. The van der Waals surface area contributed by atoms with Crippen molar-refractivity contribution in [1.82, 2.24) is 29.8 Å². The molecule has 1 aliphatic heterocycles. The van der Waals surface area contributed by atoms with Crippen molar-refractivity contribution in [2.45, 2.75) is 38.8 Å². The normalized spacial score (nSPS) is 22.3. The zero-order valence-corrected chi connectivity index (χ0v) is 16.9. The van der Waals surface area contributed by atoms with Crippen LogP contribution in [0.5, 0.6) is 5.88 Å². The van der Waals surface area contributed by atoms with Crippen LogP contribution in [0.1, 0.15) is 34.6 Å². The van der Waals surface area contributed by atoms with Crippen LogP contribution in [0.2, 0.25) is 0 Å². The number of aryl methyl sites for hydroxylation is 2. The largest absolute Gasteiger partial charge is 0.471 e. The number of likely N-dealkylation sites (tertiary alicyclic amines) is 1. The molecule has 1 saturated carbocycles. The summed E-state index contributed by atoms with van der Waals surface area (Å²) in [5.74, 6) is 1.32. The van der Waals surface area contributed by atoms with Gasteiger partial charge in [0.25, 0.3) is 5.91 Å². The van der Waals surface area contributed by atoms with E-state index in [0.29, 0.717) is 35.4 Å². The molecule has 2 fully saturated rings. The van der Waals surface area contributed by atoms with E-state index in [9.17, 15) is 4.79 Å². The third kappa shape index (κ3) is 3.38. The number of pyridine rings is 1. The molecule has 3 atom stereocenters. The number of nitrogens with zero attached hydrogens (tertiary/aromatic N) is 6. The number of ether oxygens (including phenoxy) is 1. The molecule has 152 valence electrons. The van der Waals surface area contributed by atoms with Crippen LogP contribution >= 0.6 is 0 Å². The van der Waals surface area contributed by atoms with E-state index in [0.717, 1.165) is 24.1 Å². The first kappa shape index (κ1) is 18.6. The quantitative estimate of drug-likeness (QED) is 0.662. The van der Waals surface area contributed by atoms with Gasteiger partial charge in [-0.05, 0) is 50.3 Å². The molecule has 1 amide bonds. The van der Waals surface area contributed by atoms with Crippen molar-refractivity contribution in [2.24, 2.45) is 5.92 Å². The zero-order valence-electron chi connectivity index (χ0n) is 16.9. The predicted octanol–water partition coefficient (Wildman–Crippen LogP) is 2.63. The molecule has 5 rings (SSSR count). The molecule has 1 saturated heterocycles. The first-order valence-corrected chi connectivity index (χ1v) is 10.1. The number of piperidine rings is 1. The van der Waals surface area contributed by atoms with E-state index in [-0.39, 0.29) is 18.1 Å². The number of hydrogen-bond donors (Lipinski definition) is 0. The number of fused-ring (bicyclic) bond motifs is 2. The maximum atomic E-state index is 13.5. The highest BCUT2D eigenvalue weighted by molar-refractivity contribution is 5.98. The van der Waals surface area contributed by atoms with Crippen LogP contribution in [0, 0.1) is 19.8 Å². The van der Waals surface area contributed by atoms with Crippen molar-refractivity contribution in [3.63, 3.8) is 0 Å². The fourth-order valence-electron chi connectivity index (χ4n) is 4.41. The summed E-state index contributed by atoms with van der Waals surface area (Å²) in [5.41, 5.74) is 2.84. The lowest BCUT2D eigenvalue weighted by molar-refractivity contribution is 0.0461. The molecule has 3 unspecified atom stereocenters. The molecule has 0 radical (unpaired) electrons. The molecule has 0 aromatic carbocycles. The van der Waals surface area contributed by atoms with Crippen molar-refractivity contribution in [1.29, 1.82) is 0 Å². The van der Waals surface area contributed by atoms with E-state index in [2.05, 4.69) is 24.9 Å². The molecule has 1 aliphatic carbocycles. The van der Waals surface area contributed by atoms with Gasteiger partial charge in [0.1, 0.15) is 11.8 Å². The lowest BCUT2D eigenvalue weighted by atomic mass is 10.1. The Hall–Kier alpha value is -3.42. The molecule has 30 heavy (non-hydrogen) atoms. The van der Waals surface area contributed by atoms with Crippen LogP contribution in [-0.2, 0) is 0 Å². The van der Waals surface area contributed by atoms with Crippen molar-refractivity contribution < 1.29 is 9.53 Å². The molecule has 4 heterocycles. The number of amides is 1. The van der Waals surface area contributed by atoms with E-state index in [1.165, 1.54) is 0 Å². The zero-order chi connectivity index (χ0) is 20.7. The lowest BCUT2D eigenvalue weighted by Gasteiger charge is -2.33. The van der Waals surface area contributed by atoms with Crippen LogP contribution in [0.4, 0.5) is 0 Å². The van der Waals surface area contributed by atoms with E-state index in [1.807, 2.05) is 24.8 Å². The van der Waals surface area contributed by atoms with Gasteiger partial charge < -0.3 is 9.64 Å². The molecule has 0 N–H and O–H groups in total. The fraction of sp³-hybridized carbons (Fsp3) is 0.364. The summed E-state index contributed by atoms with van der Waals surface area (Å²) in [7, 11) is 0. The van der Waals surface area contributed by atoms with Gasteiger partial charge in [0, 0.05) is 25.1 Å². The summed E-state index contributed by atoms with van der Waals surface area (Å²) in [6, 6.07) is 3.67. The second-order valence-corrected chi connectivity index (χ2v) is 8.00. The molecule has 8 nitrogen and oxygen atoms in total. The average molecular weight is 402 g/mol. The molecular weight excluding hydrogens is 380 g/mol. The summed E-state index contributed by atoms with van der Waals surface area (Å²) >= 11 is 0. The van der Waals surface area contributed by atoms with Gasteiger partial charge in [-0.1, -0.05) is 0 Å². The molecule has 0 spiro atoms. The van der Waals surface area contributed by atoms with Gasteiger partial charge in [-0.25, -0.2) is 15.0 Å². The number of carbonyl (C=O) groups excluding carboxylic acids is 1. The molecule has 8 heteroatoms. The van der Waals surface area contributed by atoms with E-state index in [1.54, 1.807) is 37.1 Å². The highest BCUT2D eigenvalue weighted by atomic mass is 16.5. The van der Waals surface area contributed by atoms with Crippen LogP contribution in [0.25, 0.3) is 11.4 Å². The Kier molecular flexibility index (Phi) is 4.61. The standard InChI is InChI=1S/C22H22N6O2/c1-13-6-16(21-23-4-3-5-24-21)20(27-9-13)22(29)28-12-15-7-17(28)18(8-15)30-19-11-25-14(2)10-26-19/h3-6,9-11,15,17-18H,7-8,12H2,1-2H3. The van der Waals surface area contributed by atoms with Gasteiger partial charge in [0.05, 0.1) is 29.7 Å². The van der Waals surface area contributed by atoms with E-state index < -0.39 is 0 Å². The maximum Gasteiger partial charge on any atom is 0.273 e. The van der Waals surface area contributed by atoms with Gasteiger partial charge in [-0.2, -0.15) is 0 Å². The summed E-state index contributed by atoms with van der Waals surface area (Å²) in [6.07, 6.45) is 10.1. The summed E-state index contributed by atoms with van der Waals surface area (Å²) in [4.78, 5) is 37.1. The minimum atomic E-state index is -0.103. The van der Waals surface area contributed by atoms with Crippen molar-refractivity contribution in [3.05, 3.63) is 60.1 Å². The van der Waals surface area contributed by atoms with Gasteiger partial charge in [0.2, 0.25) is 5.88 Å². The van der Waals surface area contributed by atoms with E-state index in [4.69, 9.17) is 4.74 Å². The molecule has 2 bridgehead atoms. The van der Waals surface area contributed by atoms with E-state index >= 15 is 0 Å².